The lowest BCUT2D eigenvalue weighted by molar-refractivity contribution is 0.113. The fourth-order valence-electron chi connectivity index (χ4n) is 2.20. The number of nitrogens with one attached hydrogen (secondary N) is 1. The van der Waals surface area contributed by atoms with Gasteiger partial charge in [0.15, 0.2) is 0 Å². The van der Waals surface area contributed by atoms with Crippen molar-refractivity contribution in [1.29, 1.82) is 0 Å². The van der Waals surface area contributed by atoms with Crippen LogP contribution in [0.4, 0.5) is 0 Å². The Bertz CT molecular complexity index is 152. The smallest absolute Gasteiger partial charge is 0.00106 e. The van der Waals surface area contributed by atoms with Crippen LogP contribution in [0, 0.1) is 5.41 Å². The summed E-state index contributed by atoms with van der Waals surface area (Å²) in [6.45, 7) is 5.74. The maximum atomic E-state index is 3.61. The molecular formula is C12H25NS. The van der Waals surface area contributed by atoms with E-state index in [1.165, 1.54) is 44.4 Å². The molecule has 0 aliphatic heterocycles. The van der Waals surface area contributed by atoms with E-state index < -0.39 is 0 Å². The van der Waals surface area contributed by atoms with Crippen molar-refractivity contribution in [2.75, 3.05) is 18.6 Å². The van der Waals surface area contributed by atoms with Gasteiger partial charge >= 0.3 is 0 Å². The number of hydrogen-bond donors (Lipinski definition) is 1. The van der Waals surface area contributed by atoms with Crippen LogP contribution in [0.5, 0.6) is 0 Å². The fraction of sp³-hybridized carbons (Fsp3) is 1.00. The quantitative estimate of drug-likeness (QED) is 0.654. The van der Waals surface area contributed by atoms with E-state index in [1.54, 1.807) is 0 Å². The first kappa shape index (κ1) is 12.4. The van der Waals surface area contributed by atoms with Gasteiger partial charge in [0.05, 0.1) is 0 Å². The van der Waals surface area contributed by atoms with Gasteiger partial charge in [-0.3, -0.25) is 0 Å². The maximum absolute atomic E-state index is 3.61. The minimum absolute atomic E-state index is 0.646. The molecule has 1 aliphatic carbocycles. The predicted molar refractivity (Wildman–Crippen MR) is 67.0 cm³/mol. The molecule has 0 unspecified atom stereocenters. The Morgan fingerprint density at radius 3 is 2.50 bits per heavy atom. The molecule has 0 amide bonds. The highest BCUT2D eigenvalue weighted by Crippen LogP contribution is 2.44. The molecule has 0 saturated heterocycles. The molecule has 1 nitrogen and oxygen atoms in total. The Balaban J connectivity index is 2.19. The van der Waals surface area contributed by atoms with E-state index in [9.17, 15) is 0 Å². The maximum Gasteiger partial charge on any atom is 0.00106 e. The molecule has 1 saturated carbocycles. The van der Waals surface area contributed by atoms with Gasteiger partial charge in [-0.15, -0.1) is 0 Å². The van der Waals surface area contributed by atoms with E-state index >= 15 is 0 Å². The number of rotatable bonds is 7. The van der Waals surface area contributed by atoms with Crippen LogP contribution in [0.3, 0.4) is 0 Å². The molecule has 2 heteroatoms. The van der Waals surface area contributed by atoms with Crippen LogP contribution in [0.25, 0.3) is 0 Å². The van der Waals surface area contributed by atoms with Gasteiger partial charge in [-0.25, -0.2) is 0 Å². The summed E-state index contributed by atoms with van der Waals surface area (Å²) < 4.78 is 0. The van der Waals surface area contributed by atoms with Crippen molar-refractivity contribution < 1.29 is 0 Å². The SMILES string of the molecule is CSCCCC1(CNC(C)C)CCC1. The van der Waals surface area contributed by atoms with Crippen molar-refractivity contribution in [2.24, 2.45) is 5.41 Å². The van der Waals surface area contributed by atoms with Crippen LogP contribution in [0.1, 0.15) is 46.0 Å². The highest BCUT2D eigenvalue weighted by Gasteiger charge is 2.35. The van der Waals surface area contributed by atoms with E-state index in [0.717, 1.165) is 0 Å². The highest BCUT2D eigenvalue weighted by atomic mass is 32.2. The first-order valence-electron chi connectivity index (χ1n) is 5.91. The summed E-state index contributed by atoms with van der Waals surface area (Å²) in [5.74, 6) is 1.34. The summed E-state index contributed by atoms with van der Waals surface area (Å²) in [6.07, 6.45) is 9.43. The molecule has 0 spiro atoms. The van der Waals surface area contributed by atoms with Crippen LogP contribution in [0.2, 0.25) is 0 Å². The van der Waals surface area contributed by atoms with E-state index in [-0.39, 0.29) is 0 Å². The zero-order chi connectivity index (χ0) is 10.4. The third-order valence-corrected chi connectivity index (χ3v) is 4.05. The molecule has 0 bridgehead atoms. The predicted octanol–water partition coefficient (Wildman–Crippen LogP) is 3.30. The Labute approximate surface area is 93.4 Å². The van der Waals surface area contributed by atoms with Crippen molar-refractivity contribution in [3.63, 3.8) is 0 Å². The molecular weight excluding hydrogens is 190 g/mol. The van der Waals surface area contributed by atoms with Gasteiger partial charge in [0.2, 0.25) is 0 Å². The summed E-state index contributed by atoms with van der Waals surface area (Å²) in [6, 6.07) is 0.646. The van der Waals surface area contributed by atoms with E-state index in [1.807, 2.05) is 11.8 Å². The Hall–Kier alpha value is 0.310. The van der Waals surface area contributed by atoms with E-state index in [4.69, 9.17) is 0 Å². The zero-order valence-electron chi connectivity index (χ0n) is 9.94. The van der Waals surface area contributed by atoms with Crippen LogP contribution in [0.15, 0.2) is 0 Å². The molecule has 0 heterocycles. The van der Waals surface area contributed by atoms with Gasteiger partial charge in [0.1, 0.15) is 0 Å². The molecule has 1 rings (SSSR count). The molecule has 0 aromatic rings. The van der Waals surface area contributed by atoms with Crippen LogP contribution in [-0.4, -0.2) is 24.6 Å². The van der Waals surface area contributed by atoms with Crippen molar-refractivity contribution in [3.8, 4) is 0 Å². The standard InChI is InChI=1S/C12H25NS/c1-11(2)13-10-12(6-4-7-12)8-5-9-14-3/h11,13H,4-10H2,1-3H3. The van der Waals surface area contributed by atoms with Crippen molar-refractivity contribution in [1.82, 2.24) is 5.32 Å². The third-order valence-electron chi connectivity index (χ3n) is 3.36. The summed E-state index contributed by atoms with van der Waals surface area (Å²) in [4.78, 5) is 0. The van der Waals surface area contributed by atoms with Crippen LogP contribution < -0.4 is 5.32 Å². The van der Waals surface area contributed by atoms with Gasteiger partial charge < -0.3 is 5.32 Å². The zero-order valence-corrected chi connectivity index (χ0v) is 10.8. The van der Waals surface area contributed by atoms with Crippen molar-refractivity contribution >= 4 is 11.8 Å². The van der Waals surface area contributed by atoms with Crippen molar-refractivity contribution in [3.05, 3.63) is 0 Å². The first-order chi connectivity index (χ1) is 6.68. The minimum Gasteiger partial charge on any atom is -0.314 e. The lowest BCUT2D eigenvalue weighted by atomic mass is 9.66. The van der Waals surface area contributed by atoms with Crippen molar-refractivity contribution in [2.45, 2.75) is 52.0 Å². The number of thioether (sulfide) groups is 1. The Kier molecular flexibility index (Phi) is 5.32. The normalized spacial score (nSPS) is 19.7. The van der Waals surface area contributed by atoms with Gasteiger partial charge in [0.25, 0.3) is 0 Å². The number of hydrogen-bond acceptors (Lipinski definition) is 2. The highest BCUT2D eigenvalue weighted by molar-refractivity contribution is 7.98. The molecule has 0 atom stereocenters. The fourth-order valence-corrected chi connectivity index (χ4v) is 2.64. The monoisotopic (exact) mass is 215 g/mol. The molecule has 14 heavy (non-hydrogen) atoms. The first-order valence-corrected chi connectivity index (χ1v) is 7.30. The van der Waals surface area contributed by atoms with Crippen LogP contribution >= 0.6 is 11.8 Å². The summed E-state index contributed by atoms with van der Waals surface area (Å²) in [7, 11) is 0. The largest absolute Gasteiger partial charge is 0.314 e. The topological polar surface area (TPSA) is 12.0 Å². The summed E-state index contributed by atoms with van der Waals surface area (Å²) >= 11 is 1.98. The lowest BCUT2D eigenvalue weighted by Crippen LogP contribution is -2.42. The second-order valence-corrected chi connectivity index (χ2v) is 5.97. The average Bonchev–Trinajstić information content (AvgIpc) is 2.08. The lowest BCUT2D eigenvalue weighted by Gasteiger charge is -2.43. The molecule has 84 valence electrons. The summed E-state index contributed by atoms with van der Waals surface area (Å²) in [5, 5.41) is 3.61. The molecule has 0 aromatic carbocycles. The average molecular weight is 215 g/mol. The van der Waals surface area contributed by atoms with Crippen LogP contribution in [-0.2, 0) is 0 Å². The van der Waals surface area contributed by atoms with Gasteiger partial charge in [0, 0.05) is 12.6 Å². The summed E-state index contributed by atoms with van der Waals surface area (Å²) in [5.41, 5.74) is 0.681. The van der Waals surface area contributed by atoms with Gasteiger partial charge in [-0.05, 0) is 43.1 Å². The molecule has 1 fully saturated rings. The Morgan fingerprint density at radius 2 is 2.07 bits per heavy atom. The van der Waals surface area contributed by atoms with Gasteiger partial charge in [-0.2, -0.15) is 11.8 Å². The third kappa shape index (κ3) is 3.82. The molecule has 1 N–H and O–H groups in total. The molecule has 1 aliphatic rings. The van der Waals surface area contributed by atoms with Gasteiger partial charge in [-0.1, -0.05) is 20.3 Å². The van der Waals surface area contributed by atoms with E-state index in [2.05, 4.69) is 25.4 Å². The Morgan fingerprint density at radius 1 is 1.36 bits per heavy atom. The second kappa shape index (κ2) is 6.02. The molecule has 0 radical (unpaired) electrons. The minimum atomic E-state index is 0.646. The molecule has 0 aromatic heterocycles. The van der Waals surface area contributed by atoms with E-state index in [0.29, 0.717) is 11.5 Å². The second-order valence-electron chi connectivity index (χ2n) is 4.99.